The third-order valence-electron chi connectivity index (χ3n) is 9.90. The Labute approximate surface area is 304 Å². The lowest BCUT2D eigenvalue weighted by Crippen LogP contribution is -2.30. The molecule has 0 fully saturated rings. The summed E-state index contributed by atoms with van der Waals surface area (Å²) in [6, 6.07) is 0. The van der Waals surface area contributed by atoms with Crippen molar-refractivity contribution < 1.29 is 28.6 Å². The molecule has 0 aromatic carbocycles. The molecule has 0 amide bonds. The molecule has 0 aliphatic carbocycles. The van der Waals surface area contributed by atoms with Crippen molar-refractivity contribution >= 4 is 17.9 Å². The van der Waals surface area contributed by atoms with Gasteiger partial charge in [-0.1, -0.05) is 195 Å². The summed E-state index contributed by atoms with van der Waals surface area (Å²) in [5, 5.41) is 0. The van der Waals surface area contributed by atoms with Crippen LogP contribution in [-0.2, 0) is 28.6 Å². The first-order valence-corrected chi connectivity index (χ1v) is 21.4. The summed E-state index contributed by atoms with van der Waals surface area (Å²) in [6.07, 6.45) is 35.3. The molecule has 0 saturated heterocycles. The molecule has 49 heavy (non-hydrogen) atoms. The van der Waals surface area contributed by atoms with Crippen molar-refractivity contribution in [1.82, 2.24) is 0 Å². The number of hydrogen-bond donors (Lipinski definition) is 0. The second-order valence-electron chi connectivity index (χ2n) is 14.9. The Hall–Kier alpha value is -1.59. The van der Waals surface area contributed by atoms with Gasteiger partial charge in [0.25, 0.3) is 0 Å². The van der Waals surface area contributed by atoms with E-state index in [1.165, 1.54) is 128 Å². The summed E-state index contributed by atoms with van der Waals surface area (Å²) in [5.74, 6) is -0.0574. The highest BCUT2D eigenvalue weighted by atomic mass is 16.6. The minimum Gasteiger partial charge on any atom is -0.462 e. The van der Waals surface area contributed by atoms with Crippen molar-refractivity contribution in [3.8, 4) is 0 Å². The number of unbranched alkanes of at least 4 members (excludes halogenated alkanes) is 24. The van der Waals surface area contributed by atoms with Gasteiger partial charge >= 0.3 is 17.9 Å². The molecule has 2 atom stereocenters. The van der Waals surface area contributed by atoms with E-state index in [0.717, 1.165) is 63.7 Å². The molecule has 6 nitrogen and oxygen atoms in total. The van der Waals surface area contributed by atoms with Crippen LogP contribution in [0, 0.1) is 5.92 Å². The standard InChI is InChI=1S/C43H82O6/c1-5-8-10-12-14-15-16-17-18-19-20-22-27-31-35-42(45)48-38-40(37-47-41(44)34-30-26-21-13-11-9-6-2)49-43(46)36-32-28-24-23-25-29-33-39(4)7-3/h39-40H,5-38H2,1-4H3/t39?,40-/m1/s1. The molecule has 6 heteroatoms. The lowest BCUT2D eigenvalue weighted by molar-refractivity contribution is -0.167. The first kappa shape index (κ1) is 47.4. The van der Waals surface area contributed by atoms with Crippen LogP contribution in [0.3, 0.4) is 0 Å². The number of ether oxygens (including phenoxy) is 3. The number of hydrogen-bond acceptors (Lipinski definition) is 6. The predicted octanol–water partition coefficient (Wildman–Crippen LogP) is 13.2. The average Bonchev–Trinajstić information content (AvgIpc) is 3.10. The van der Waals surface area contributed by atoms with Crippen LogP contribution >= 0.6 is 0 Å². The SMILES string of the molecule is CCCCCCCCCCCCCCCCC(=O)OC[C@@H](COC(=O)CCCCCCCCC)OC(=O)CCCCCCCCC(C)CC. The smallest absolute Gasteiger partial charge is 0.306 e. The first-order valence-electron chi connectivity index (χ1n) is 21.4. The Morgan fingerprint density at radius 3 is 1.06 bits per heavy atom. The summed E-state index contributed by atoms with van der Waals surface area (Å²) in [7, 11) is 0. The van der Waals surface area contributed by atoms with E-state index < -0.39 is 6.10 Å². The Bertz CT molecular complexity index is 738. The molecule has 290 valence electrons. The van der Waals surface area contributed by atoms with Gasteiger partial charge in [0, 0.05) is 19.3 Å². The summed E-state index contributed by atoms with van der Waals surface area (Å²) in [4.78, 5) is 37.5. The predicted molar refractivity (Wildman–Crippen MR) is 206 cm³/mol. The molecule has 0 aromatic heterocycles. The molecule has 0 aromatic rings. The van der Waals surface area contributed by atoms with Crippen LogP contribution in [0.1, 0.15) is 233 Å². The second kappa shape index (κ2) is 37.7. The van der Waals surface area contributed by atoms with E-state index >= 15 is 0 Å². The molecular formula is C43H82O6. The summed E-state index contributed by atoms with van der Waals surface area (Å²) in [6.45, 7) is 8.91. The Balaban J connectivity index is 4.28. The molecular weight excluding hydrogens is 612 g/mol. The second-order valence-corrected chi connectivity index (χ2v) is 14.9. The van der Waals surface area contributed by atoms with Crippen molar-refractivity contribution in [3.05, 3.63) is 0 Å². The molecule has 0 radical (unpaired) electrons. The van der Waals surface area contributed by atoms with Gasteiger partial charge < -0.3 is 14.2 Å². The molecule has 0 bridgehead atoms. The number of esters is 3. The Morgan fingerprint density at radius 2 is 0.714 bits per heavy atom. The summed E-state index contributed by atoms with van der Waals surface area (Å²) < 4.78 is 16.6. The van der Waals surface area contributed by atoms with Gasteiger partial charge in [-0.05, 0) is 25.2 Å². The molecule has 0 rings (SSSR count). The fraction of sp³-hybridized carbons (Fsp3) is 0.930. The maximum Gasteiger partial charge on any atom is 0.306 e. The quantitative estimate of drug-likeness (QED) is 0.0364. The third kappa shape index (κ3) is 36.0. The fourth-order valence-corrected chi connectivity index (χ4v) is 6.24. The minimum atomic E-state index is -0.758. The number of carbonyl (C=O) groups excluding carboxylic acids is 3. The molecule has 0 aliphatic rings. The van der Waals surface area contributed by atoms with E-state index in [2.05, 4.69) is 27.7 Å². The molecule has 1 unspecified atom stereocenters. The number of rotatable bonds is 38. The van der Waals surface area contributed by atoms with Crippen molar-refractivity contribution in [3.63, 3.8) is 0 Å². The van der Waals surface area contributed by atoms with Gasteiger partial charge in [0.2, 0.25) is 0 Å². The fourth-order valence-electron chi connectivity index (χ4n) is 6.24. The highest BCUT2D eigenvalue weighted by Crippen LogP contribution is 2.16. The Kier molecular flexibility index (Phi) is 36.4. The number of carbonyl (C=O) groups is 3. The van der Waals surface area contributed by atoms with E-state index in [1.807, 2.05) is 0 Å². The minimum absolute atomic E-state index is 0.0654. The molecule has 0 saturated carbocycles. The van der Waals surface area contributed by atoms with Crippen molar-refractivity contribution in [2.75, 3.05) is 13.2 Å². The van der Waals surface area contributed by atoms with Crippen LogP contribution in [-0.4, -0.2) is 37.2 Å². The normalized spacial score (nSPS) is 12.5. The van der Waals surface area contributed by atoms with Crippen LogP contribution in [0.2, 0.25) is 0 Å². The van der Waals surface area contributed by atoms with E-state index in [4.69, 9.17) is 14.2 Å². The van der Waals surface area contributed by atoms with Crippen molar-refractivity contribution in [2.24, 2.45) is 5.92 Å². The van der Waals surface area contributed by atoms with Crippen molar-refractivity contribution in [1.29, 1.82) is 0 Å². The van der Waals surface area contributed by atoms with Crippen LogP contribution in [0.15, 0.2) is 0 Å². The Morgan fingerprint density at radius 1 is 0.408 bits per heavy atom. The zero-order valence-corrected chi connectivity index (χ0v) is 33.1. The van der Waals surface area contributed by atoms with Gasteiger partial charge in [0.15, 0.2) is 6.10 Å². The zero-order valence-electron chi connectivity index (χ0n) is 33.1. The van der Waals surface area contributed by atoms with Crippen LogP contribution < -0.4 is 0 Å². The zero-order chi connectivity index (χ0) is 36.0. The largest absolute Gasteiger partial charge is 0.462 e. The molecule has 0 aliphatic heterocycles. The van der Waals surface area contributed by atoms with Gasteiger partial charge in [-0.25, -0.2) is 0 Å². The van der Waals surface area contributed by atoms with E-state index in [0.29, 0.717) is 19.3 Å². The third-order valence-corrected chi connectivity index (χ3v) is 9.90. The van der Waals surface area contributed by atoms with E-state index in [1.54, 1.807) is 0 Å². The monoisotopic (exact) mass is 695 g/mol. The van der Waals surface area contributed by atoms with Gasteiger partial charge in [0.05, 0.1) is 0 Å². The maximum absolute atomic E-state index is 12.6. The molecule has 0 heterocycles. The lowest BCUT2D eigenvalue weighted by Gasteiger charge is -2.18. The van der Waals surface area contributed by atoms with Gasteiger partial charge in [-0.2, -0.15) is 0 Å². The van der Waals surface area contributed by atoms with Gasteiger partial charge in [-0.3, -0.25) is 14.4 Å². The highest BCUT2D eigenvalue weighted by molar-refractivity contribution is 5.71. The summed E-state index contributed by atoms with van der Waals surface area (Å²) in [5.41, 5.74) is 0. The lowest BCUT2D eigenvalue weighted by atomic mass is 10.00. The maximum atomic E-state index is 12.6. The topological polar surface area (TPSA) is 78.9 Å². The first-order chi connectivity index (χ1) is 23.9. The highest BCUT2D eigenvalue weighted by Gasteiger charge is 2.19. The average molecular weight is 695 g/mol. The van der Waals surface area contributed by atoms with Crippen LogP contribution in [0.25, 0.3) is 0 Å². The molecule has 0 spiro atoms. The van der Waals surface area contributed by atoms with Crippen LogP contribution in [0.4, 0.5) is 0 Å². The summed E-state index contributed by atoms with van der Waals surface area (Å²) >= 11 is 0. The molecule has 0 N–H and O–H groups in total. The van der Waals surface area contributed by atoms with E-state index in [-0.39, 0.29) is 31.1 Å². The van der Waals surface area contributed by atoms with Gasteiger partial charge in [-0.15, -0.1) is 0 Å². The van der Waals surface area contributed by atoms with Crippen LogP contribution in [0.5, 0.6) is 0 Å². The van der Waals surface area contributed by atoms with Gasteiger partial charge in [0.1, 0.15) is 13.2 Å². The van der Waals surface area contributed by atoms with Crippen molar-refractivity contribution in [2.45, 2.75) is 239 Å². The van der Waals surface area contributed by atoms with E-state index in [9.17, 15) is 14.4 Å².